The average Bonchev–Trinajstić information content (AvgIpc) is 2.41. The van der Waals surface area contributed by atoms with Gasteiger partial charge in [0.15, 0.2) is 0 Å². The Morgan fingerprint density at radius 1 is 1.21 bits per heavy atom. The van der Waals surface area contributed by atoms with Gasteiger partial charge in [0.1, 0.15) is 0 Å². The first kappa shape index (κ1) is 16.0. The van der Waals surface area contributed by atoms with Crippen molar-refractivity contribution < 1.29 is 4.74 Å². The van der Waals surface area contributed by atoms with E-state index < -0.39 is 0 Å². The number of hydrogen-bond acceptors (Lipinski definition) is 3. The van der Waals surface area contributed by atoms with Crippen LogP contribution in [0.3, 0.4) is 0 Å². The van der Waals surface area contributed by atoms with Crippen LogP contribution in [0.15, 0.2) is 12.1 Å². The lowest BCUT2D eigenvalue weighted by atomic mass is 10.1. The highest BCUT2D eigenvalue weighted by molar-refractivity contribution is 5.26. The Balaban J connectivity index is 2.69. The molecule has 1 aromatic heterocycles. The monoisotopic (exact) mass is 264 g/mol. The predicted molar refractivity (Wildman–Crippen MR) is 80.7 cm³/mol. The molecule has 0 radical (unpaired) electrons. The molecule has 0 amide bonds. The van der Waals surface area contributed by atoms with Crippen molar-refractivity contribution in [1.82, 2.24) is 10.3 Å². The zero-order valence-electron chi connectivity index (χ0n) is 12.8. The topological polar surface area (TPSA) is 34.1 Å². The second-order valence-corrected chi connectivity index (χ2v) is 5.23. The van der Waals surface area contributed by atoms with Gasteiger partial charge in [-0.25, -0.2) is 4.98 Å². The summed E-state index contributed by atoms with van der Waals surface area (Å²) in [4.78, 5) is 4.59. The van der Waals surface area contributed by atoms with Crippen LogP contribution in [0.4, 0.5) is 0 Å². The van der Waals surface area contributed by atoms with Crippen molar-refractivity contribution in [2.75, 3.05) is 13.2 Å². The maximum Gasteiger partial charge on any atom is 0.213 e. The molecule has 0 unspecified atom stereocenters. The van der Waals surface area contributed by atoms with Crippen molar-refractivity contribution in [2.45, 2.75) is 59.4 Å². The molecule has 0 aliphatic carbocycles. The number of nitrogens with zero attached hydrogens (tertiary/aromatic N) is 1. The SMILES string of the molecule is CCCCCOc1cc(CNCC)cc(C(C)C)n1. The van der Waals surface area contributed by atoms with Crippen LogP contribution < -0.4 is 10.1 Å². The summed E-state index contributed by atoms with van der Waals surface area (Å²) in [6, 6.07) is 4.23. The average molecular weight is 264 g/mol. The van der Waals surface area contributed by atoms with Crippen LogP contribution in [0.25, 0.3) is 0 Å². The molecule has 108 valence electrons. The fraction of sp³-hybridized carbons (Fsp3) is 0.688. The highest BCUT2D eigenvalue weighted by atomic mass is 16.5. The standard InChI is InChI=1S/C16H28N2O/c1-5-7-8-9-19-16-11-14(12-17-6-2)10-15(18-16)13(3)4/h10-11,13,17H,5-9,12H2,1-4H3. The molecule has 0 bridgehead atoms. The Kier molecular flexibility index (Phi) is 7.49. The maximum atomic E-state index is 5.78. The summed E-state index contributed by atoms with van der Waals surface area (Å²) in [5.41, 5.74) is 2.37. The molecule has 0 aliphatic heterocycles. The molecule has 0 atom stereocenters. The molecular formula is C16H28N2O. The van der Waals surface area contributed by atoms with E-state index in [0.29, 0.717) is 5.92 Å². The summed E-state index contributed by atoms with van der Waals surface area (Å²) in [6.07, 6.45) is 3.54. The molecule has 19 heavy (non-hydrogen) atoms. The summed E-state index contributed by atoms with van der Waals surface area (Å²) in [5, 5.41) is 3.35. The molecular weight excluding hydrogens is 236 g/mol. The smallest absolute Gasteiger partial charge is 0.213 e. The number of unbranched alkanes of at least 4 members (excludes halogenated alkanes) is 2. The van der Waals surface area contributed by atoms with E-state index in [1.54, 1.807) is 0 Å². The Bertz CT molecular complexity index is 364. The van der Waals surface area contributed by atoms with Crippen molar-refractivity contribution in [1.29, 1.82) is 0 Å². The first-order valence-electron chi connectivity index (χ1n) is 7.51. The molecule has 0 saturated carbocycles. The normalized spacial score (nSPS) is 11.0. The van der Waals surface area contributed by atoms with Crippen LogP contribution in [0.5, 0.6) is 5.88 Å². The Morgan fingerprint density at radius 3 is 2.63 bits per heavy atom. The third-order valence-corrected chi connectivity index (χ3v) is 3.05. The molecule has 3 heteroatoms. The van der Waals surface area contributed by atoms with Gasteiger partial charge in [-0.05, 0) is 30.5 Å². The third kappa shape index (κ3) is 6.06. The van der Waals surface area contributed by atoms with E-state index in [2.05, 4.69) is 50.1 Å². The summed E-state index contributed by atoms with van der Waals surface area (Å²) in [5.74, 6) is 1.20. The zero-order chi connectivity index (χ0) is 14.1. The van der Waals surface area contributed by atoms with Crippen LogP contribution in [0, 0.1) is 0 Å². The quantitative estimate of drug-likeness (QED) is 0.687. The summed E-state index contributed by atoms with van der Waals surface area (Å²) >= 11 is 0. The largest absolute Gasteiger partial charge is 0.478 e. The van der Waals surface area contributed by atoms with Gasteiger partial charge in [-0.2, -0.15) is 0 Å². The maximum absolute atomic E-state index is 5.78. The van der Waals surface area contributed by atoms with E-state index in [1.807, 2.05) is 0 Å². The highest BCUT2D eigenvalue weighted by Gasteiger charge is 2.07. The van der Waals surface area contributed by atoms with E-state index in [4.69, 9.17) is 4.74 Å². The lowest BCUT2D eigenvalue weighted by molar-refractivity contribution is 0.293. The van der Waals surface area contributed by atoms with Gasteiger partial charge in [-0.3, -0.25) is 0 Å². The van der Waals surface area contributed by atoms with E-state index in [-0.39, 0.29) is 0 Å². The molecule has 0 aromatic carbocycles. The Hall–Kier alpha value is -1.09. The predicted octanol–water partition coefficient (Wildman–Crippen LogP) is 3.88. The van der Waals surface area contributed by atoms with Gasteiger partial charge in [0.2, 0.25) is 5.88 Å². The molecule has 3 nitrogen and oxygen atoms in total. The minimum atomic E-state index is 0.430. The Labute approximate surface area is 117 Å². The molecule has 1 N–H and O–H groups in total. The molecule has 0 saturated heterocycles. The van der Waals surface area contributed by atoms with Gasteiger partial charge in [0.05, 0.1) is 6.61 Å². The van der Waals surface area contributed by atoms with Crippen LogP contribution in [-0.2, 0) is 6.54 Å². The van der Waals surface area contributed by atoms with Gasteiger partial charge in [0.25, 0.3) is 0 Å². The Morgan fingerprint density at radius 2 is 2.00 bits per heavy atom. The summed E-state index contributed by atoms with van der Waals surface area (Å²) in [6.45, 7) is 11.3. The van der Waals surface area contributed by atoms with Crippen molar-refractivity contribution >= 4 is 0 Å². The first-order valence-corrected chi connectivity index (χ1v) is 7.51. The van der Waals surface area contributed by atoms with Crippen LogP contribution in [0.2, 0.25) is 0 Å². The second-order valence-electron chi connectivity index (χ2n) is 5.23. The minimum absolute atomic E-state index is 0.430. The summed E-state index contributed by atoms with van der Waals surface area (Å²) < 4.78 is 5.78. The number of nitrogens with one attached hydrogen (secondary N) is 1. The third-order valence-electron chi connectivity index (χ3n) is 3.05. The van der Waals surface area contributed by atoms with Crippen molar-refractivity contribution in [3.05, 3.63) is 23.4 Å². The lowest BCUT2D eigenvalue weighted by Gasteiger charge is -2.12. The fourth-order valence-electron chi connectivity index (χ4n) is 1.85. The number of rotatable bonds is 9. The zero-order valence-corrected chi connectivity index (χ0v) is 12.8. The number of hydrogen-bond donors (Lipinski definition) is 1. The van der Waals surface area contributed by atoms with Gasteiger partial charge >= 0.3 is 0 Å². The van der Waals surface area contributed by atoms with Crippen LogP contribution >= 0.6 is 0 Å². The van der Waals surface area contributed by atoms with Crippen LogP contribution in [0.1, 0.15) is 64.1 Å². The van der Waals surface area contributed by atoms with Gasteiger partial charge in [-0.15, -0.1) is 0 Å². The number of aromatic nitrogens is 1. The van der Waals surface area contributed by atoms with Gasteiger partial charge < -0.3 is 10.1 Å². The lowest BCUT2D eigenvalue weighted by Crippen LogP contribution is -2.13. The molecule has 0 fully saturated rings. The highest BCUT2D eigenvalue weighted by Crippen LogP contribution is 2.19. The van der Waals surface area contributed by atoms with Gasteiger partial charge in [-0.1, -0.05) is 40.5 Å². The molecule has 0 spiro atoms. The van der Waals surface area contributed by atoms with E-state index in [1.165, 1.54) is 18.4 Å². The van der Waals surface area contributed by atoms with Crippen molar-refractivity contribution in [2.24, 2.45) is 0 Å². The number of ether oxygens (including phenoxy) is 1. The first-order chi connectivity index (χ1) is 9.17. The molecule has 1 rings (SSSR count). The van der Waals surface area contributed by atoms with Gasteiger partial charge in [0, 0.05) is 18.3 Å². The van der Waals surface area contributed by atoms with E-state index in [9.17, 15) is 0 Å². The molecule has 0 aliphatic rings. The van der Waals surface area contributed by atoms with E-state index in [0.717, 1.165) is 37.7 Å². The molecule has 1 aromatic rings. The number of pyridine rings is 1. The summed E-state index contributed by atoms with van der Waals surface area (Å²) in [7, 11) is 0. The van der Waals surface area contributed by atoms with Crippen LogP contribution in [-0.4, -0.2) is 18.1 Å². The van der Waals surface area contributed by atoms with E-state index >= 15 is 0 Å². The fourth-order valence-corrected chi connectivity index (χ4v) is 1.85. The second kappa shape index (κ2) is 8.92. The van der Waals surface area contributed by atoms with Crippen molar-refractivity contribution in [3.63, 3.8) is 0 Å². The molecule has 1 heterocycles. The van der Waals surface area contributed by atoms with Crippen molar-refractivity contribution in [3.8, 4) is 5.88 Å². The minimum Gasteiger partial charge on any atom is -0.478 e.